The van der Waals surface area contributed by atoms with Crippen molar-refractivity contribution in [2.75, 3.05) is 11.9 Å². The van der Waals surface area contributed by atoms with Gasteiger partial charge < -0.3 is 5.32 Å². The van der Waals surface area contributed by atoms with Crippen LogP contribution >= 0.6 is 0 Å². The van der Waals surface area contributed by atoms with E-state index >= 15 is 0 Å². The molecule has 0 saturated heterocycles. The second-order valence-corrected chi connectivity index (χ2v) is 5.71. The lowest BCUT2D eigenvalue weighted by atomic mass is 10.1. The summed E-state index contributed by atoms with van der Waals surface area (Å²) in [6.07, 6.45) is 4.85. The lowest BCUT2D eigenvalue weighted by molar-refractivity contribution is 0.606. The van der Waals surface area contributed by atoms with E-state index in [1.54, 1.807) is 0 Å². The second kappa shape index (κ2) is 5.95. The van der Waals surface area contributed by atoms with Gasteiger partial charge in [-0.05, 0) is 47.7 Å². The van der Waals surface area contributed by atoms with E-state index in [9.17, 15) is 0 Å². The molecule has 2 heterocycles. The quantitative estimate of drug-likeness (QED) is 0.740. The van der Waals surface area contributed by atoms with Gasteiger partial charge in [-0.25, -0.2) is 4.98 Å². The first kappa shape index (κ1) is 13.6. The van der Waals surface area contributed by atoms with Crippen molar-refractivity contribution in [3.8, 4) is 11.1 Å². The molecule has 0 amide bonds. The number of aromatic nitrogens is 3. The molecule has 4 nitrogen and oxygen atoms in total. The zero-order chi connectivity index (χ0) is 14.7. The largest absolute Gasteiger partial charge is 0.370 e. The summed E-state index contributed by atoms with van der Waals surface area (Å²) in [4.78, 5) is 4.38. The van der Waals surface area contributed by atoms with Gasteiger partial charge in [0.1, 0.15) is 5.82 Å². The smallest absolute Gasteiger partial charge is 0.126 e. The number of rotatable bonds is 5. The minimum atomic E-state index is 0.698. The lowest BCUT2D eigenvalue weighted by Gasteiger charge is -2.09. The standard InChI is InChI=1S/C17H20N4/c1-12(2)5-7-18-17-10-14(6-8-19-17)13-3-4-16-15(9-13)11-20-21-16/h3-4,6,8-12H,5,7H2,1-2H3,(H,18,19)(H,20,21). The third-order valence-electron chi connectivity index (χ3n) is 3.56. The number of fused-ring (bicyclic) bond motifs is 1. The molecule has 0 atom stereocenters. The van der Waals surface area contributed by atoms with Gasteiger partial charge in [0.05, 0.1) is 11.7 Å². The minimum Gasteiger partial charge on any atom is -0.370 e. The topological polar surface area (TPSA) is 53.6 Å². The van der Waals surface area contributed by atoms with Crippen LogP contribution in [0.15, 0.2) is 42.7 Å². The zero-order valence-corrected chi connectivity index (χ0v) is 12.4. The maximum absolute atomic E-state index is 4.38. The van der Waals surface area contributed by atoms with Crippen molar-refractivity contribution in [2.45, 2.75) is 20.3 Å². The van der Waals surface area contributed by atoms with Crippen LogP contribution in [0.25, 0.3) is 22.0 Å². The molecule has 0 aliphatic heterocycles. The van der Waals surface area contributed by atoms with Crippen LogP contribution < -0.4 is 5.32 Å². The van der Waals surface area contributed by atoms with Crippen LogP contribution in [0, 0.1) is 5.92 Å². The fourth-order valence-corrected chi connectivity index (χ4v) is 2.32. The first-order valence-electron chi connectivity index (χ1n) is 7.36. The Morgan fingerprint density at radius 3 is 2.86 bits per heavy atom. The Bertz CT molecular complexity index is 730. The van der Waals surface area contributed by atoms with Gasteiger partial charge in [-0.15, -0.1) is 0 Å². The number of hydrogen-bond donors (Lipinski definition) is 2. The molecule has 0 spiro atoms. The van der Waals surface area contributed by atoms with Gasteiger partial charge in [0.15, 0.2) is 0 Å². The van der Waals surface area contributed by atoms with Gasteiger partial charge in [-0.1, -0.05) is 19.9 Å². The van der Waals surface area contributed by atoms with Gasteiger partial charge in [0.2, 0.25) is 0 Å². The molecule has 0 radical (unpaired) electrons. The average molecular weight is 280 g/mol. The fourth-order valence-electron chi connectivity index (χ4n) is 2.32. The molecule has 1 aromatic carbocycles. The normalized spacial score (nSPS) is 11.2. The van der Waals surface area contributed by atoms with E-state index in [0.29, 0.717) is 5.92 Å². The monoisotopic (exact) mass is 280 g/mol. The summed E-state index contributed by atoms with van der Waals surface area (Å²) in [5.74, 6) is 1.63. The number of nitrogens with one attached hydrogen (secondary N) is 2. The predicted molar refractivity (Wildman–Crippen MR) is 87.3 cm³/mol. The van der Waals surface area contributed by atoms with E-state index in [0.717, 1.165) is 29.7 Å². The molecule has 0 bridgehead atoms. The van der Waals surface area contributed by atoms with E-state index in [-0.39, 0.29) is 0 Å². The highest BCUT2D eigenvalue weighted by Crippen LogP contribution is 2.24. The molecule has 0 unspecified atom stereocenters. The summed E-state index contributed by atoms with van der Waals surface area (Å²) in [7, 11) is 0. The van der Waals surface area contributed by atoms with Crippen molar-refractivity contribution < 1.29 is 0 Å². The van der Waals surface area contributed by atoms with Crippen LogP contribution in [-0.2, 0) is 0 Å². The van der Waals surface area contributed by atoms with Crippen LogP contribution in [0.5, 0.6) is 0 Å². The maximum Gasteiger partial charge on any atom is 0.126 e. The number of anilines is 1. The van der Waals surface area contributed by atoms with E-state index in [2.05, 4.69) is 58.6 Å². The Labute approximate surface area is 124 Å². The van der Waals surface area contributed by atoms with Gasteiger partial charge >= 0.3 is 0 Å². The van der Waals surface area contributed by atoms with Crippen molar-refractivity contribution in [3.05, 3.63) is 42.7 Å². The first-order chi connectivity index (χ1) is 10.2. The number of nitrogens with zero attached hydrogens (tertiary/aromatic N) is 2. The van der Waals surface area contributed by atoms with Crippen molar-refractivity contribution in [2.24, 2.45) is 5.92 Å². The molecule has 0 fully saturated rings. The highest BCUT2D eigenvalue weighted by atomic mass is 15.1. The Balaban J connectivity index is 1.81. The minimum absolute atomic E-state index is 0.698. The summed E-state index contributed by atoms with van der Waals surface area (Å²) >= 11 is 0. The second-order valence-electron chi connectivity index (χ2n) is 5.71. The molecular weight excluding hydrogens is 260 g/mol. The number of aromatic amines is 1. The Morgan fingerprint density at radius 1 is 1.14 bits per heavy atom. The third-order valence-corrected chi connectivity index (χ3v) is 3.56. The molecular formula is C17H20N4. The number of pyridine rings is 1. The summed E-state index contributed by atoms with van der Waals surface area (Å²) in [5, 5.41) is 11.5. The molecule has 0 saturated carbocycles. The van der Waals surface area contributed by atoms with Gasteiger partial charge in [-0.3, -0.25) is 5.10 Å². The molecule has 2 aromatic heterocycles. The van der Waals surface area contributed by atoms with Crippen molar-refractivity contribution in [1.82, 2.24) is 15.2 Å². The number of H-pyrrole nitrogens is 1. The summed E-state index contributed by atoms with van der Waals surface area (Å²) in [6.45, 7) is 5.41. The molecule has 3 aromatic rings. The van der Waals surface area contributed by atoms with Crippen LogP contribution in [0.2, 0.25) is 0 Å². The van der Waals surface area contributed by atoms with Crippen LogP contribution in [0.4, 0.5) is 5.82 Å². The van der Waals surface area contributed by atoms with E-state index in [1.807, 2.05) is 18.5 Å². The molecule has 0 aliphatic rings. The lowest BCUT2D eigenvalue weighted by Crippen LogP contribution is -2.05. The molecule has 108 valence electrons. The van der Waals surface area contributed by atoms with Crippen LogP contribution in [-0.4, -0.2) is 21.7 Å². The van der Waals surface area contributed by atoms with Crippen LogP contribution in [0.3, 0.4) is 0 Å². The first-order valence-corrected chi connectivity index (χ1v) is 7.36. The van der Waals surface area contributed by atoms with Gasteiger partial charge in [0.25, 0.3) is 0 Å². The third kappa shape index (κ3) is 3.21. The molecule has 2 N–H and O–H groups in total. The highest BCUT2D eigenvalue weighted by Gasteiger charge is 2.03. The Kier molecular flexibility index (Phi) is 3.86. The van der Waals surface area contributed by atoms with Gasteiger partial charge in [-0.2, -0.15) is 5.10 Å². The highest BCUT2D eigenvalue weighted by molar-refractivity contribution is 5.84. The van der Waals surface area contributed by atoms with E-state index in [4.69, 9.17) is 0 Å². The molecule has 4 heteroatoms. The Hall–Kier alpha value is -2.36. The molecule has 0 aliphatic carbocycles. The SMILES string of the molecule is CC(C)CCNc1cc(-c2ccc3[nH]ncc3c2)ccn1. The summed E-state index contributed by atoms with van der Waals surface area (Å²) in [5.41, 5.74) is 3.40. The van der Waals surface area contributed by atoms with Gasteiger partial charge in [0, 0.05) is 18.1 Å². The van der Waals surface area contributed by atoms with Crippen molar-refractivity contribution in [1.29, 1.82) is 0 Å². The van der Waals surface area contributed by atoms with E-state index in [1.165, 1.54) is 11.1 Å². The van der Waals surface area contributed by atoms with Crippen molar-refractivity contribution in [3.63, 3.8) is 0 Å². The Morgan fingerprint density at radius 2 is 2.00 bits per heavy atom. The van der Waals surface area contributed by atoms with E-state index < -0.39 is 0 Å². The molecule has 21 heavy (non-hydrogen) atoms. The summed E-state index contributed by atoms with van der Waals surface area (Å²) < 4.78 is 0. The van der Waals surface area contributed by atoms with Crippen LogP contribution in [0.1, 0.15) is 20.3 Å². The average Bonchev–Trinajstić information content (AvgIpc) is 2.94. The predicted octanol–water partition coefficient (Wildman–Crippen LogP) is 4.08. The number of hydrogen-bond acceptors (Lipinski definition) is 3. The fraction of sp³-hybridized carbons (Fsp3) is 0.294. The summed E-state index contributed by atoms with van der Waals surface area (Å²) in [6, 6.07) is 10.4. The zero-order valence-electron chi connectivity index (χ0n) is 12.4. The number of benzene rings is 1. The van der Waals surface area contributed by atoms with Crippen molar-refractivity contribution >= 4 is 16.7 Å². The maximum atomic E-state index is 4.38. The molecule has 3 rings (SSSR count).